The van der Waals surface area contributed by atoms with Gasteiger partial charge in [0.05, 0.1) is 0 Å². The standard InChI is InChI=1S/C21H28O2/c1-4-16(2)6-5-15-21(3,17-7-11-19(22)12-8-17)18-9-13-20(23)14-10-18/h7-14,16,22-23H,4-6,15H2,1-3H3. The predicted octanol–water partition coefficient (Wildman–Crippen LogP) is 5.62. The molecule has 2 heteroatoms. The highest BCUT2D eigenvalue weighted by Crippen LogP contribution is 2.38. The first-order valence-corrected chi connectivity index (χ1v) is 8.54. The third kappa shape index (κ3) is 4.28. The fourth-order valence-corrected chi connectivity index (χ4v) is 3.12. The van der Waals surface area contributed by atoms with Crippen LogP contribution in [-0.4, -0.2) is 10.2 Å². The average Bonchev–Trinajstić information content (AvgIpc) is 2.55. The van der Waals surface area contributed by atoms with E-state index in [0.29, 0.717) is 11.5 Å². The molecule has 0 heterocycles. The van der Waals surface area contributed by atoms with E-state index in [1.165, 1.54) is 24.0 Å². The average molecular weight is 312 g/mol. The van der Waals surface area contributed by atoms with Gasteiger partial charge >= 0.3 is 0 Å². The molecule has 0 aromatic heterocycles. The summed E-state index contributed by atoms with van der Waals surface area (Å²) in [5, 5.41) is 19.2. The Bertz CT molecular complexity index is 553. The van der Waals surface area contributed by atoms with Crippen LogP contribution in [-0.2, 0) is 5.41 Å². The second-order valence-corrected chi connectivity index (χ2v) is 6.83. The van der Waals surface area contributed by atoms with Crippen LogP contribution in [0.2, 0.25) is 0 Å². The molecule has 0 fully saturated rings. The predicted molar refractivity (Wildman–Crippen MR) is 96.0 cm³/mol. The van der Waals surface area contributed by atoms with E-state index >= 15 is 0 Å². The Morgan fingerprint density at radius 2 is 1.30 bits per heavy atom. The van der Waals surface area contributed by atoms with E-state index in [1.54, 1.807) is 24.3 Å². The molecular weight excluding hydrogens is 284 g/mol. The van der Waals surface area contributed by atoms with Crippen molar-refractivity contribution >= 4 is 0 Å². The summed E-state index contributed by atoms with van der Waals surface area (Å²) < 4.78 is 0. The molecule has 23 heavy (non-hydrogen) atoms. The summed E-state index contributed by atoms with van der Waals surface area (Å²) in [5.74, 6) is 1.33. The van der Waals surface area contributed by atoms with Crippen LogP contribution in [0.5, 0.6) is 11.5 Å². The largest absolute Gasteiger partial charge is 0.508 e. The van der Waals surface area contributed by atoms with E-state index in [4.69, 9.17) is 0 Å². The quantitative estimate of drug-likeness (QED) is 0.696. The Kier molecular flexibility index (Phi) is 5.70. The van der Waals surface area contributed by atoms with Crippen LogP contribution in [0.1, 0.15) is 57.6 Å². The third-order valence-electron chi connectivity index (χ3n) is 5.08. The van der Waals surface area contributed by atoms with Crippen LogP contribution in [0.15, 0.2) is 48.5 Å². The molecule has 0 saturated heterocycles. The monoisotopic (exact) mass is 312 g/mol. The summed E-state index contributed by atoms with van der Waals surface area (Å²) in [4.78, 5) is 0. The minimum Gasteiger partial charge on any atom is -0.508 e. The van der Waals surface area contributed by atoms with Gasteiger partial charge in [0.25, 0.3) is 0 Å². The van der Waals surface area contributed by atoms with Gasteiger partial charge in [0.15, 0.2) is 0 Å². The van der Waals surface area contributed by atoms with Crippen molar-refractivity contribution in [1.82, 2.24) is 0 Å². The normalized spacial score (nSPS) is 13.0. The second-order valence-electron chi connectivity index (χ2n) is 6.83. The second kappa shape index (κ2) is 7.54. The molecule has 2 rings (SSSR count). The van der Waals surface area contributed by atoms with E-state index in [2.05, 4.69) is 20.8 Å². The molecule has 0 aliphatic rings. The van der Waals surface area contributed by atoms with Gasteiger partial charge in [0.1, 0.15) is 11.5 Å². The molecule has 0 spiro atoms. The molecule has 0 amide bonds. The molecule has 2 N–H and O–H groups in total. The van der Waals surface area contributed by atoms with Gasteiger partial charge in [-0.15, -0.1) is 0 Å². The van der Waals surface area contributed by atoms with Crippen molar-refractivity contribution < 1.29 is 10.2 Å². The van der Waals surface area contributed by atoms with Crippen LogP contribution in [0.3, 0.4) is 0 Å². The molecule has 0 saturated carbocycles. The van der Waals surface area contributed by atoms with Crippen LogP contribution in [0, 0.1) is 5.92 Å². The van der Waals surface area contributed by atoms with Gasteiger partial charge in [-0.05, 0) is 47.7 Å². The third-order valence-corrected chi connectivity index (χ3v) is 5.08. The Morgan fingerprint density at radius 3 is 1.70 bits per heavy atom. The van der Waals surface area contributed by atoms with Crippen molar-refractivity contribution in [2.24, 2.45) is 5.92 Å². The maximum Gasteiger partial charge on any atom is 0.115 e. The van der Waals surface area contributed by atoms with Gasteiger partial charge < -0.3 is 10.2 Å². The van der Waals surface area contributed by atoms with Crippen LogP contribution in [0.25, 0.3) is 0 Å². The lowest BCUT2D eigenvalue weighted by atomic mass is 9.72. The zero-order valence-corrected chi connectivity index (χ0v) is 14.4. The highest BCUT2D eigenvalue weighted by atomic mass is 16.3. The fourth-order valence-electron chi connectivity index (χ4n) is 3.12. The summed E-state index contributed by atoms with van der Waals surface area (Å²) in [6, 6.07) is 15.0. The van der Waals surface area contributed by atoms with Crippen molar-refractivity contribution in [2.75, 3.05) is 0 Å². The molecule has 0 aliphatic carbocycles. The van der Waals surface area contributed by atoms with E-state index < -0.39 is 0 Å². The SMILES string of the molecule is CCC(C)CCCC(C)(c1ccc(O)cc1)c1ccc(O)cc1. The van der Waals surface area contributed by atoms with Crippen molar-refractivity contribution in [3.05, 3.63) is 59.7 Å². The summed E-state index contributed by atoms with van der Waals surface area (Å²) in [6.07, 6.45) is 4.65. The Hall–Kier alpha value is -1.96. The minimum absolute atomic E-state index is 0.116. The molecule has 0 radical (unpaired) electrons. The highest BCUT2D eigenvalue weighted by Gasteiger charge is 2.28. The van der Waals surface area contributed by atoms with Gasteiger partial charge in [0, 0.05) is 5.41 Å². The Labute approximate surface area is 139 Å². The van der Waals surface area contributed by atoms with Crippen molar-refractivity contribution in [3.8, 4) is 11.5 Å². The highest BCUT2D eigenvalue weighted by molar-refractivity contribution is 5.42. The maximum absolute atomic E-state index is 9.58. The zero-order chi connectivity index (χ0) is 16.9. The number of rotatable bonds is 7. The summed E-state index contributed by atoms with van der Waals surface area (Å²) in [7, 11) is 0. The van der Waals surface area contributed by atoms with Crippen LogP contribution >= 0.6 is 0 Å². The van der Waals surface area contributed by atoms with Crippen molar-refractivity contribution in [1.29, 1.82) is 0 Å². The first kappa shape index (κ1) is 17.4. The summed E-state index contributed by atoms with van der Waals surface area (Å²) in [5.41, 5.74) is 2.28. The number of hydrogen-bond acceptors (Lipinski definition) is 2. The van der Waals surface area contributed by atoms with Gasteiger partial charge in [-0.25, -0.2) is 0 Å². The molecule has 1 unspecified atom stereocenters. The first-order valence-electron chi connectivity index (χ1n) is 8.54. The number of phenols is 2. The van der Waals surface area contributed by atoms with Crippen molar-refractivity contribution in [2.45, 2.75) is 51.9 Å². The van der Waals surface area contributed by atoms with Gasteiger partial charge in [-0.2, -0.15) is 0 Å². The van der Waals surface area contributed by atoms with Crippen LogP contribution < -0.4 is 0 Å². The first-order chi connectivity index (χ1) is 11.0. The molecule has 1 atom stereocenters. The lowest BCUT2D eigenvalue weighted by Crippen LogP contribution is -2.23. The maximum atomic E-state index is 9.58. The Morgan fingerprint density at radius 1 is 0.870 bits per heavy atom. The van der Waals surface area contributed by atoms with Gasteiger partial charge in [0.2, 0.25) is 0 Å². The number of hydrogen-bond donors (Lipinski definition) is 2. The van der Waals surface area contributed by atoms with Gasteiger partial charge in [-0.1, -0.05) is 64.3 Å². The van der Waals surface area contributed by atoms with E-state index in [9.17, 15) is 10.2 Å². The topological polar surface area (TPSA) is 40.5 Å². The smallest absolute Gasteiger partial charge is 0.115 e. The number of aromatic hydroxyl groups is 2. The Balaban J connectivity index is 2.29. The lowest BCUT2D eigenvalue weighted by Gasteiger charge is -2.32. The van der Waals surface area contributed by atoms with E-state index in [1.807, 2.05) is 24.3 Å². The van der Waals surface area contributed by atoms with Gasteiger partial charge in [-0.3, -0.25) is 0 Å². The number of phenolic OH excluding ortho intramolecular Hbond substituents is 2. The van der Waals surface area contributed by atoms with Crippen molar-refractivity contribution in [3.63, 3.8) is 0 Å². The molecule has 124 valence electrons. The zero-order valence-electron chi connectivity index (χ0n) is 14.4. The van der Waals surface area contributed by atoms with E-state index in [0.717, 1.165) is 18.8 Å². The lowest BCUT2D eigenvalue weighted by molar-refractivity contribution is 0.425. The molecule has 2 nitrogen and oxygen atoms in total. The molecule has 0 aliphatic heterocycles. The van der Waals surface area contributed by atoms with Crippen LogP contribution in [0.4, 0.5) is 0 Å². The molecule has 2 aromatic rings. The minimum atomic E-state index is -0.116. The summed E-state index contributed by atoms with van der Waals surface area (Å²) in [6.45, 7) is 6.80. The molecule has 2 aromatic carbocycles. The van der Waals surface area contributed by atoms with E-state index in [-0.39, 0.29) is 5.41 Å². The number of benzene rings is 2. The molecular formula is C21H28O2. The molecule has 0 bridgehead atoms. The fraction of sp³-hybridized carbons (Fsp3) is 0.429. The summed E-state index contributed by atoms with van der Waals surface area (Å²) >= 11 is 0.